The highest BCUT2D eigenvalue weighted by atomic mass is 16.2. The molecule has 1 N–H and O–H groups in total. The zero-order valence-electron chi connectivity index (χ0n) is 13.0. The molecule has 1 saturated carbocycles. The maximum absolute atomic E-state index is 13.0. The summed E-state index contributed by atoms with van der Waals surface area (Å²) < 4.78 is 0. The maximum Gasteiger partial charge on any atom is 0.232 e. The van der Waals surface area contributed by atoms with E-state index in [4.69, 9.17) is 0 Å². The zero-order valence-corrected chi connectivity index (χ0v) is 13.0. The lowest BCUT2D eigenvalue weighted by atomic mass is 9.84. The number of para-hydroxylation sites is 2. The van der Waals surface area contributed by atoms with Crippen molar-refractivity contribution in [3.05, 3.63) is 24.3 Å². The molecule has 2 aliphatic rings. The molecule has 0 saturated heterocycles. The molecule has 1 heterocycles. The van der Waals surface area contributed by atoms with Crippen LogP contribution in [0.25, 0.3) is 0 Å². The Balaban J connectivity index is 1.93. The van der Waals surface area contributed by atoms with E-state index < -0.39 is 0 Å². The first-order valence-electron chi connectivity index (χ1n) is 7.98. The topological polar surface area (TPSA) is 35.6 Å². The van der Waals surface area contributed by atoms with Gasteiger partial charge in [-0.1, -0.05) is 25.0 Å². The molecule has 0 aromatic heterocycles. The van der Waals surface area contributed by atoms with Crippen molar-refractivity contribution in [2.45, 2.75) is 31.7 Å². The van der Waals surface area contributed by atoms with Crippen LogP contribution in [0.4, 0.5) is 11.4 Å². The monoisotopic (exact) mass is 287 g/mol. The van der Waals surface area contributed by atoms with Gasteiger partial charge in [0.15, 0.2) is 0 Å². The minimum atomic E-state index is 0.133. The van der Waals surface area contributed by atoms with Crippen LogP contribution >= 0.6 is 0 Å². The van der Waals surface area contributed by atoms with Gasteiger partial charge < -0.3 is 15.1 Å². The van der Waals surface area contributed by atoms with Gasteiger partial charge in [-0.3, -0.25) is 4.79 Å². The normalized spacial score (nSPS) is 25.1. The number of benzene rings is 1. The summed E-state index contributed by atoms with van der Waals surface area (Å²) in [6.45, 7) is 1.64. The molecule has 0 radical (unpaired) electrons. The number of hydrogen-bond acceptors (Lipinski definition) is 3. The fraction of sp³-hybridized carbons (Fsp3) is 0.588. The molecular weight excluding hydrogens is 262 g/mol. The van der Waals surface area contributed by atoms with E-state index in [0.29, 0.717) is 11.9 Å². The standard InChI is InChI=1S/C17H25N3O/c1-19(2)11-12-20-16-10-6-5-9-15(16)18-14-8-4-3-7-13(14)17(20)21/h5-6,9-10,13-14,18H,3-4,7-8,11-12H2,1-2H3. The molecule has 2 unspecified atom stereocenters. The summed E-state index contributed by atoms with van der Waals surface area (Å²) in [4.78, 5) is 17.2. The second-order valence-electron chi connectivity index (χ2n) is 6.45. The van der Waals surface area contributed by atoms with Crippen molar-refractivity contribution in [3.63, 3.8) is 0 Å². The van der Waals surface area contributed by atoms with Crippen molar-refractivity contribution in [3.8, 4) is 0 Å². The zero-order chi connectivity index (χ0) is 14.8. The fourth-order valence-corrected chi connectivity index (χ4v) is 3.48. The summed E-state index contributed by atoms with van der Waals surface area (Å²) in [6, 6.07) is 8.53. The lowest BCUT2D eigenvalue weighted by Gasteiger charge is -2.31. The van der Waals surface area contributed by atoms with Gasteiger partial charge in [-0.15, -0.1) is 0 Å². The van der Waals surface area contributed by atoms with E-state index >= 15 is 0 Å². The van der Waals surface area contributed by atoms with E-state index in [1.54, 1.807) is 0 Å². The SMILES string of the molecule is CN(C)CCN1C(=O)C2CCCCC2Nc2ccccc21. The van der Waals surface area contributed by atoms with Crippen LogP contribution in [0.3, 0.4) is 0 Å². The largest absolute Gasteiger partial charge is 0.380 e. The highest BCUT2D eigenvalue weighted by Crippen LogP contribution is 2.37. The third-order valence-electron chi connectivity index (χ3n) is 4.66. The highest BCUT2D eigenvalue weighted by molar-refractivity contribution is 6.00. The van der Waals surface area contributed by atoms with Gasteiger partial charge in [-0.2, -0.15) is 0 Å². The minimum absolute atomic E-state index is 0.133. The van der Waals surface area contributed by atoms with Crippen LogP contribution < -0.4 is 10.2 Å². The molecule has 21 heavy (non-hydrogen) atoms. The van der Waals surface area contributed by atoms with Gasteiger partial charge in [0.1, 0.15) is 0 Å². The van der Waals surface area contributed by atoms with E-state index in [-0.39, 0.29) is 5.92 Å². The predicted molar refractivity (Wildman–Crippen MR) is 86.7 cm³/mol. The highest BCUT2D eigenvalue weighted by Gasteiger charge is 2.37. The molecule has 1 aromatic carbocycles. The molecule has 1 aliphatic heterocycles. The number of anilines is 2. The van der Waals surface area contributed by atoms with Crippen molar-refractivity contribution in [1.82, 2.24) is 4.90 Å². The van der Waals surface area contributed by atoms with Crippen LogP contribution in [0.2, 0.25) is 0 Å². The first kappa shape index (κ1) is 14.4. The van der Waals surface area contributed by atoms with Crippen LogP contribution in [-0.2, 0) is 4.79 Å². The van der Waals surface area contributed by atoms with Crippen LogP contribution in [0.15, 0.2) is 24.3 Å². The van der Waals surface area contributed by atoms with Gasteiger partial charge in [0.25, 0.3) is 0 Å². The number of carbonyl (C=O) groups is 1. The Hall–Kier alpha value is -1.55. The second kappa shape index (κ2) is 6.06. The average molecular weight is 287 g/mol. The molecule has 2 atom stereocenters. The Morgan fingerprint density at radius 3 is 2.81 bits per heavy atom. The summed E-state index contributed by atoms with van der Waals surface area (Å²) >= 11 is 0. The fourth-order valence-electron chi connectivity index (χ4n) is 3.48. The Bertz CT molecular complexity index is 515. The molecule has 3 rings (SSSR count). The number of amides is 1. The van der Waals surface area contributed by atoms with Crippen LogP contribution in [-0.4, -0.2) is 44.0 Å². The molecule has 1 aliphatic carbocycles. The minimum Gasteiger partial charge on any atom is -0.380 e. The molecule has 114 valence electrons. The van der Waals surface area contributed by atoms with E-state index in [9.17, 15) is 4.79 Å². The Morgan fingerprint density at radius 1 is 1.24 bits per heavy atom. The number of hydrogen-bond donors (Lipinski definition) is 1. The number of fused-ring (bicyclic) bond motifs is 2. The summed E-state index contributed by atoms with van der Waals surface area (Å²) in [5.41, 5.74) is 2.15. The van der Waals surface area contributed by atoms with Gasteiger partial charge >= 0.3 is 0 Å². The average Bonchev–Trinajstić information content (AvgIpc) is 2.60. The lowest BCUT2D eigenvalue weighted by molar-refractivity contribution is -0.123. The molecule has 0 bridgehead atoms. The molecule has 1 amide bonds. The van der Waals surface area contributed by atoms with Crippen LogP contribution in [0.5, 0.6) is 0 Å². The van der Waals surface area contributed by atoms with E-state index in [1.807, 2.05) is 17.0 Å². The Morgan fingerprint density at radius 2 is 2.00 bits per heavy atom. The molecule has 4 nitrogen and oxygen atoms in total. The van der Waals surface area contributed by atoms with E-state index in [0.717, 1.165) is 37.3 Å². The maximum atomic E-state index is 13.0. The van der Waals surface area contributed by atoms with Crippen LogP contribution in [0.1, 0.15) is 25.7 Å². The Labute approximate surface area is 127 Å². The predicted octanol–water partition coefficient (Wildman–Crippen LogP) is 2.57. The van der Waals surface area contributed by atoms with Crippen molar-refractivity contribution in [2.24, 2.45) is 5.92 Å². The molecule has 1 fully saturated rings. The summed E-state index contributed by atoms with van der Waals surface area (Å²) in [6.07, 6.45) is 4.52. The lowest BCUT2D eigenvalue weighted by Crippen LogP contribution is -2.44. The summed E-state index contributed by atoms with van der Waals surface area (Å²) in [5, 5.41) is 3.63. The number of nitrogens with zero attached hydrogens (tertiary/aromatic N) is 2. The van der Waals surface area contributed by atoms with Crippen molar-refractivity contribution >= 4 is 17.3 Å². The number of carbonyl (C=O) groups excluding carboxylic acids is 1. The van der Waals surface area contributed by atoms with E-state index in [2.05, 4.69) is 36.4 Å². The summed E-state index contributed by atoms with van der Waals surface area (Å²) in [7, 11) is 4.10. The van der Waals surface area contributed by atoms with Gasteiger partial charge in [-0.05, 0) is 39.1 Å². The Kier molecular flexibility index (Phi) is 4.15. The van der Waals surface area contributed by atoms with Gasteiger partial charge in [0, 0.05) is 19.1 Å². The summed E-state index contributed by atoms with van der Waals surface area (Å²) in [5.74, 6) is 0.437. The molecule has 0 spiro atoms. The first-order chi connectivity index (χ1) is 10.2. The van der Waals surface area contributed by atoms with Crippen molar-refractivity contribution in [2.75, 3.05) is 37.4 Å². The van der Waals surface area contributed by atoms with Gasteiger partial charge in [-0.25, -0.2) is 0 Å². The number of rotatable bonds is 3. The smallest absolute Gasteiger partial charge is 0.232 e. The molecular formula is C17H25N3O. The van der Waals surface area contributed by atoms with Crippen molar-refractivity contribution < 1.29 is 4.79 Å². The first-order valence-corrected chi connectivity index (χ1v) is 7.98. The van der Waals surface area contributed by atoms with E-state index in [1.165, 1.54) is 12.8 Å². The van der Waals surface area contributed by atoms with Crippen LogP contribution in [0, 0.1) is 5.92 Å². The second-order valence-corrected chi connectivity index (χ2v) is 6.45. The third kappa shape index (κ3) is 2.91. The number of likely N-dealkylation sites (N-methyl/N-ethyl adjacent to an activating group) is 1. The number of nitrogens with one attached hydrogen (secondary N) is 1. The molecule has 4 heteroatoms. The van der Waals surface area contributed by atoms with Crippen molar-refractivity contribution in [1.29, 1.82) is 0 Å². The third-order valence-corrected chi connectivity index (χ3v) is 4.66. The van der Waals surface area contributed by atoms with Gasteiger partial charge in [0.2, 0.25) is 5.91 Å². The van der Waals surface area contributed by atoms with Gasteiger partial charge in [0.05, 0.1) is 17.3 Å². The quantitative estimate of drug-likeness (QED) is 0.928. The molecule has 1 aromatic rings.